The van der Waals surface area contributed by atoms with Crippen molar-refractivity contribution in [2.75, 3.05) is 6.61 Å². The molecule has 1 amide bonds. The van der Waals surface area contributed by atoms with Gasteiger partial charge in [0.2, 0.25) is 0 Å². The molecule has 6 heteroatoms. The van der Waals surface area contributed by atoms with E-state index in [2.05, 4.69) is 64.5 Å². The predicted octanol–water partition coefficient (Wildman–Crippen LogP) is 7.80. The lowest BCUT2D eigenvalue weighted by atomic mass is 10.1. The van der Waals surface area contributed by atoms with Crippen LogP contribution in [-0.4, -0.2) is 34.7 Å². The van der Waals surface area contributed by atoms with Gasteiger partial charge in [0, 0.05) is 12.8 Å². The Labute approximate surface area is 189 Å². The number of rotatable bonds is 11. The van der Waals surface area contributed by atoms with Gasteiger partial charge in [-0.3, -0.25) is 5.32 Å². The van der Waals surface area contributed by atoms with E-state index in [9.17, 15) is 4.79 Å². The molecule has 0 aromatic rings. The lowest BCUT2D eigenvalue weighted by Crippen LogP contribution is -2.40. The zero-order valence-corrected chi connectivity index (χ0v) is 23.7. The standard InChI is InChI=1S/C24H49NO3Si2/c1-23(2,3)28-22(26)25-18-15-17-21(20-29(7,8)9)16-13-12-14-19-27-30(10,11)24(4,5)6/h15,18,20H,12-14,16-17,19H2,1-11H3,(H,25,26)/b18-15+,21-20+. The van der Waals surface area contributed by atoms with Gasteiger partial charge in [0.1, 0.15) is 5.60 Å². The molecule has 0 heterocycles. The molecule has 1 N–H and O–H groups in total. The van der Waals surface area contributed by atoms with E-state index in [-0.39, 0.29) is 5.04 Å². The molecule has 0 saturated heterocycles. The third-order valence-corrected chi connectivity index (χ3v) is 11.0. The Morgan fingerprint density at radius 3 is 2.03 bits per heavy atom. The van der Waals surface area contributed by atoms with E-state index in [1.165, 1.54) is 18.4 Å². The minimum atomic E-state index is -1.62. The zero-order chi connectivity index (χ0) is 23.6. The molecular formula is C24H49NO3Si2. The van der Waals surface area contributed by atoms with Crippen molar-refractivity contribution in [2.24, 2.45) is 0 Å². The number of unbranched alkanes of at least 4 members (excludes halogenated alkanes) is 2. The molecular weight excluding hydrogens is 406 g/mol. The quantitative estimate of drug-likeness (QED) is 0.255. The van der Waals surface area contributed by atoms with E-state index in [0.29, 0.717) is 0 Å². The molecule has 0 aliphatic heterocycles. The zero-order valence-electron chi connectivity index (χ0n) is 21.7. The van der Waals surface area contributed by atoms with E-state index >= 15 is 0 Å². The normalized spacial score (nSPS) is 14.3. The molecule has 0 aromatic carbocycles. The Bertz CT molecular complexity index is 577. The Morgan fingerprint density at radius 2 is 1.53 bits per heavy atom. The summed E-state index contributed by atoms with van der Waals surface area (Å²) in [6.07, 6.45) is 8.82. The summed E-state index contributed by atoms with van der Waals surface area (Å²) < 4.78 is 11.5. The van der Waals surface area contributed by atoms with Gasteiger partial charge in [-0.15, -0.1) is 0 Å². The van der Waals surface area contributed by atoms with Gasteiger partial charge in [-0.2, -0.15) is 0 Å². The van der Waals surface area contributed by atoms with Crippen LogP contribution in [0, 0.1) is 0 Å². The Morgan fingerprint density at radius 1 is 0.933 bits per heavy atom. The fraction of sp³-hybridized carbons (Fsp3) is 0.792. The average molecular weight is 456 g/mol. The average Bonchev–Trinajstić information content (AvgIpc) is 2.50. The monoisotopic (exact) mass is 455 g/mol. The summed E-state index contributed by atoms with van der Waals surface area (Å²) in [5.41, 5.74) is 3.49. The SMILES string of the molecule is CC(C)(C)OC(=O)N/C=C/C/C(=C/[Si](C)(C)C)CCCCCO[Si](C)(C)C(C)(C)C. The molecule has 0 atom stereocenters. The van der Waals surface area contributed by atoms with E-state index < -0.39 is 28.1 Å². The number of carbonyl (C=O) groups excluding carboxylic acids is 1. The number of ether oxygens (including phenoxy) is 1. The minimum absolute atomic E-state index is 0.278. The molecule has 0 bridgehead atoms. The second-order valence-corrected chi connectivity index (χ2v) is 21.7. The van der Waals surface area contributed by atoms with E-state index in [4.69, 9.17) is 9.16 Å². The van der Waals surface area contributed by atoms with Crippen LogP contribution in [0.2, 0.25) is 37.8 Å². The van der Waals surface area contributed by atoms with E-state index in [1.54, 1.807) is 6.20 Å². The highest BCUT2D eigenvalue weighted by atomic mass is 28.4. The number of hydrogen-bond acceptors (Lipinski definition) is 3. The molecule has 0 saturated carbocycles. The predicted molar refractivity (Wildman–Crippen MR) is 136 cm³/mol. The van der Waals surface area contributed by atoms with Crippen molar-refractivity contribution < 1.29 is 14.0 Å². The topological polar surface area (TPSA) is 47.6 Å². The molecule has 0 aliphatic carbocycles. The van der Waals surface area contributed by atoms with Gasteiger partial charge < -0.3 is 9.16 Å². The molecule has 176 valence electrons. The first-order valence-electron chi connectivity index (χ1n) is 11.4. The van der Waals surface area contributed by atoms with Crippen molar-refractivity contribution in [2.45, 2.75) is 117 Å². The van der Waals surface area contributed by atoms with E-state index in [1.807, 2.05) is 26.8 Å². The molecule has 0 radical (unpaired) electrons. The maximum atomic E-state index is 11.7. The lowest BCUT2D eigenvalue weighted by Gasteiger charge is -2.36. The summed E-state index contributed by atoms with van der Waals surface area (Å²) >= 11 is 0. The summed E-state index contributed by atoms with van der Waals surface area (Å²) in [5, 5.41) is 2.98. The third kappa shape index (κ3) is 15.0. The smallest absolute Gasteiger partial charge is 0.411 e. The van der Waals surface area contributed by atoms with Crippen LogP contribution < -0.4 is 5.32 Å². The highest BCUT2D eigenvalue weighted by molar-refractivity contribution is 6.81. The summed E-state index contributed by atoms with van der Waals surface area (Å²) in [7, 11) is -2.91. The van der Waals surface area contributed by atoms with Crippen LogP contribution in [0.5, 0.6) is 0 Å². The minimum Gasteiger partial charge on any atom is -0.444 e. The van der Waals surface area contributed by atoms with Gasteiger partial charge in [0.15, 0.2) is 8.32 Å². The summed E-state index contributed by atoms with van der Waals surface area (Å²) in [6.45, 7) is 25.1. The van der Waals surface area contributed by atoms with Gasteiger partial charge in [-0.1, -0.05) is 64.2 Å². The van der Waals surface area contributed by atoms with E-state index in [0.717, 1.165) is 25.9 Å². The number of allylic oxidation sites excluding steroid dienone is 2. The molecule has 0 unspecified atom stereocenters. The summed E-state index contributed by atoms with van der Waals surface area (Å²) in [5.74, 6) is 0. The molecule has 0 aromatic heterocycles. The van der Waals surface area contributed by atoms with Crippen LogP contribution in [0.15, 0.2) is 23.5 Å². The van der Waals surface area contributed by atoms with Crippen LogP contribution in [0.25, 0.3) is 0 Å². The number of amides is 1. The van der Waals surface area contributed by atoms with Crippen molar-refractivity contribution in [1.29, 1.82) is 0 Å². The van der Waals surface area contributed by atoms with Gasteiger partial charge >= 0.3 is 6.09 Å². The molecule has 0 spiro atoms. The molecule has 4 nitrogen and oxygen atoms in total. The fourth-order valence-electron chi connectivity index (χ4n) is 2.67. The Kier molecular flexibility index (Phi) is 11.9. The molecule has 30 heavy (non-hydrogen) atoms. The van der Waals surface area contributed by atoms with Gasteiger partial charge in [-0.25, -0.2) is 4.79 Å². The fourth-order valence-corrected chi connectivity index (χ4v) is 5.24. The Balaban J connectivity index is 4.45. The molecule has 0 fully saturated rings. The second-order valence-electron chi connectivity index (χ2n) is 11.8. The first-order valence-corrected chi connectivity index (χ1v) is 17.9. The number of hydrogen-bond donors (Lipinski definition) is 1. The number of carbonyl (C=O) groups is 1. The van der Waals surface area contributed by atoms with Crippen LogP contribution in [0.1, 0.15) is 73.6 Å². The second kappa shape index (κ2) is 12.2. The number of alkyl carbamates (subject to hydrolysis) is 1. The van der Waals surface area contributed by atoms with Crippen molar-refractivity contribution in [1.82, 2.24) is 5.32 Å². The van der Waals surface area contributed by atoms with Crippen LogP contribution >= 0.6 is 0 Å². The van der Waals surface area contributed by atoms with Crippen molar-refractivity contribution in [3.63, 3.8) is 0 Å². The highest BCUT2D eigenvalue weighted by Gasteiger charge is 2.36. The van der Waals surface area contributed by atoms with Crippen molar-refractivity contribution in [3.05, 3.63) is 23.5 Å². The molecule has 0 rings (SSSR count). The van der Waals surface area contributed by atoms with Gasteiger partial charge in [0.25, 0.3) is 0 Å². The number of nitrogens with one attached hydrogen (secondary N) is 1. The van der Waals surface area contributed by atoms with Crippen molar-refractivity contribution in [3.8, 4) is 0 Å². The lowest BCUT2D eigenvalue weighted by molar-refractivity contribution is 0.0552. The van der Waals surface area contributed by atoms with Gasteiger partial charge in [-0.05, 0) is 64.6 Å². The largest absolute Gasteiger partial charge is 0.444 e. The third-order valence-electron chi connectivity index (χ3n) is 5.15. The molecule has 0 aliphatic rings. The first kappa shape index (κ1) is 29.1. The first-order chi connectivity index (χ1) is 13.4. The van der Waals surface area contributed by atoms with Crippen LogP contribution in [0.4, 0.5) is 4.79 Å². The van der Waals surface area contributed by atoms with Crippen molar-refractivity contribution >= 4 is 22.5 Å². The van der Waals surface area contributed by atoms with Crippen LogP contribution in [-0.2, 0) is 9.16 Å². The summed E-state index contributed by atoms with van der Waals surface area (Å²) in [4.78, 5) is 11.7. The van der Waals surface area contributed by atoms with Crippen LogP contribution in [0.3, 0.4) is 0 Å². The Hall–Kier alpha value is -0.856. The van der Waals surface area contributed by atoms with Gasteiger partial charge in [0.05, 0.1) is 8.07 Å². The maximum absolute atomic E-state index is 11.7. The highest BCUT2D eigenvalue weighted by Crippen LogP contribution is 2.36. The summed E-state index contributed by atoms with van der Waals surface area (Å²) in [6, 6.07) is 0. The maximum Gasteiger partial charge on any atom is 0.411 e.